The highest BCUT2D eigenvalue weighted by atomic mass is 32.1. The summed E-state index contributed by atoms with van der Waals surface area (Å²) in [7, 11) is 0. The van der Waals surface area contributed by atoms with Crippen molar-refractivity contribution in [1.82, 2.24) is 4.98 Å². The molecule has 0 aliphatic rings. The van der Waals surface area contributed by atoms with Crippen molar-refractivity contribution in [3.63, 3.8) is 0 Å². The molecule has 18 heavy (non-hydrogen) atoms. The second-order valence-electron chi connectivity index (χ2n) is 4.37. The van der Waals surface area contributed by atoms with Crippen LogP contribution in [0.4, 0.5) is 5.13 Å². The Balaban J connectivity index is 2.13. The van der Waals surface area contributed by atoms with E-state index in [0.717, 1.165) is 11.7 Å². The number of hydrogen-bond donors (Lipinski definition) is 1. The summed E-state index contributed by atoms with van der Waals surface area (Å²) in [5.74, 6) is 0. The zero-order valence-electron chi connectivity index (χ0n) is 10.7. The lowest BCUT2D eigenvalue weighted by molar-refractivity contribution is 1.07. The molecule has 0 radical (unpaired) electrons. The second kappa shape index (κ2) is 5.19. The van der Waals surface area contributed by atoms with Crippen LogP contribution < -0.4 is 5.32 Å². The minimum Gasteiger partial charge on any atom is -0.357 e. The van der Waals surface area contributed by atoms with E-state index in [1.807, 2.05) is 0 Å². The maximum Gasteiger partial charge on any atom is 0.184 e. The predicted molar refractivity (Wildman–Crippen MR) is 74.8 cm³/mol. The Bertz CT molecular complexity index is 585. The molecule has 0 amide bonds. The zero-order valence-corrected chi connectivity index (χ0v) is 11.6. The van der Waals surface area contributed by atoms with Crippen molar-refractivity contribution in [1.29, 1.82) is 5.26 Å². The van der Waals surface area contributed by atoms with Crippen LogP contribution in [-0.4, -0.2) is 4.98 Å². The highest BCUT2D eigenvalue weighted by molar-refractivity contribution is 7.16. The van der Waals surface area contributed by atoms with Crippen molar-refractivity contribution in [3.05, 3.63) is 45.5 Å². The molecule has 0 fully saturated rings. The highest BCUT2D eigenvalue weighted by Gasteiger charge is 2.05. The number of benzene rings is 1. The van der Waals surface area contributed by atoms with Gasteiger partial charge in [-0.2, -0.15) is 5.26 Å². The molecule has 2 rings (SSSR count). The van der Waals surface area contributed by atoms with E-state index in [-0.39, 0.29) is 0 Å². The van der Waals surface area contributed by atoms with Gasteiger partial charge in [-0.05, 0) is 37.5 Å². The summed E-state index contributed by atoms with van der Waals surface area (Å²) in [6, 6.07) is 6.47. The average Bonchev–Trinajstić information content (AvgIpc) is 2.75. The third kappa shape index (κ3) is 2.69. The Morgan fingerprint density at radius 2 is 1.94 bits per heavy atom. The van der Waals surface area contributed by atoms with Gasteiger partial charge in [0.15, 0.2) is 5.13 Å². The maximum absolute atomic E-state index is 8.75. The lowest BCUT2D eigenvalue weighted by Gasteiger charge is -2.11. The minimum absolute atomic E-state index is 0.634. The first-order valence-electron chi connectivity index (χ1n) is 5.76. The number of nitrogens with zero attached hydrogens (tertiary/aromatic N) is 2. The molecule has 2 aromatic rings. The summed E-state index contributed by atoms with van der Waals surface area (Å²) in [4.78, 5) is 4.80. The number of thiazole rings is 1. The third-order valence-electron chi connectivity index (χ3n) is 2.87. The minimum atomic E-state index is 0.634. The van der Waals surface area contributed by atoms with E-state index in [2.05, 4.69) is 49.3 Å². The lowest BCUT2D eigenvalue weighted by atomic mass is 10.00. The molecule has 0 unspecified atom stereocenters. The monoisotopic (exact) mass is 257 g/mol. The van der Waals surface area contributed by atoms with Crippen molar-refractivity contribution < 1.29 is 0 Å². The van der Waals surface area contributed by atoms with Crippen LogP contribution in [0.2, 0.25) is 0 Å². The molecule has 0 saturated heterocycles. The molecule has 0 atom stereocenters. The normalized spacial score (nSPS) is 10.1. The van der Waals surface area contributed by atoms with Gasteiger partial charge in [0.05, 0.1) is 6.20 Å². The quantitative estimate of drug-likeness (QED) is 0.914. The molecule has 92 valence electrons. The fourth-order valence-corrected chi connectivity index (χ4v) is 2.67. The molecule has 1 N–H and O–H groups in total. The number of nitrogens with one attached hydrogen (secondary N) is 1. The number of rotatable bonds is 3. The first-order chi connectivity index (χ1) is 8.60. The van der Waals surface area contributed by atoms with Crippen LogP contribution in [0.1, 0.15) is 27.1 Å². The number of aryl methyl sites for hydroxylation is 3. The number of hydrogen-bond acceptors (Lipinski definition) is 4. The van der Waals surface area contributed by atoms with E-state index in [1.54, 1.807) is 6.20 Å². The van der Waals surface area contributed by atoms with Gasteiger partial charge < -0.3 is 5.32 Å². The van der Waals surface area contributed by atoms with Crippen LogP contribution in [-0.2, 0) is 6.54 Å². The van der Waals surface area contributed by atoms with Gasteiger partial charge in [0.1, 0.15) is 10.9 Å². The summed E-state index contributed by atoms with van der Waals surface area (Å²) in [5.41, 5.74) is 5.16. The van der Waals surface area contributed by atoms with Gasteiger partial charge in [-0.15, -0.1) is 0 Å². The largest absolute Gasteiger partial charge is 0.357 e. The van der Waals surface area contributed by atoms with Gasteiger partial charge in [-0.25, -0.2) is 4.98 Å². The van der Waals surface area contributed by atoms with E-state index in [9.17, 15) is 0 Å². The van der Waals surface area contributed by atoms with Gasteiger partial charge in [0, 0.05) is 6.54 Å². The van der Waals surface area contributed by atoms with E-state index in [1.165, 1.54) is 33.6 Å². The second-order valence-corrected chi connectivity index (χ2v) is 5.40. The van der Waals surface area contributed by atoms with Crippen LogP contribution in [0.15, 0.2) is 18.3 Å². The fraction of sp³-hybridized carbons (Fsp3) is 0.286. The predicted octanol–water partition coefficient (Wildman–Crippen LogP) is 3.55. The molecule has 0 spiro atoms. The summed E-state index contributed by atoms with van der Waals surface area (Å²) >= 11 is 1.38. The van der Waals surface area contributed by atoms with Crippen molar-refractivity contribution in [2.75, 3.05) is 5.32 Å². The molecule has 0 saturated carbocycles. The molecule has 0 aliphatic carbocycles. The maximum atomic E-state index is 8.75. The fourth-order valence-electron chi connectivity index (χ4n) is 2.06. The van der Waals surface area contributed by atoms with Crippen LogP contribution in [0.25, 0.3) is 0 Å². The van der Waals surface area contributed by atoms with Crippen LogP contribution >= 0.6 is 11.3 Å². The van der Waals surface area contributed by atoms with Gasteiger partial charge in [0.2, 0.25) is 0 Å². The molecule has 4 heteroatoms. The Hall–Kier alpha value is -1.86. The molecule has 0 aliphatic heterocycles. The average molecular weight is 257 g/mol. The number of aromatic nitrogens is 1. The van der Waals surface area contributed by atoms with E-state index in [4.69, 9.17) is 5.26 Å². The third-order valence-corrected chi connectivity index (χ3v) is 3.73. The smallest absolute Gasteiger partial charge is 0.184 e. The van der Waals surface area contributed by atoms with Crippen LogP contribution in [0.3, 0.4) is 0 Å². The van der Waals surface area contributed by atoms with Crippen LogP contribution in [0.5, 0.6) is 0 Å². The van der Waals surface area contributed by atoms with Crippen molar-refractivity contribution >= 4 is 16.5 Å². The van der Waals surface area contributed by atoms with Crippen LogP contribution in [0, 0.1) is 32.1 Å². The first-order valence-corrected chi connectivity index (χ1v) is 6.58. The SMILES string of the molecule is Cc1cc(C)c(CNc2ncc(C#N)s2)c(C)c1. The summed E-state index contributed by atoms with van der Waals surface area (Å²) in [5, 5.41) is 12.8. The standard InChI is InChI=1S/C14H15N3S/c1-9-4-10(2)13(11(3)5-9)8-17-14-16-7-12(6-15)18-14/h4-5,7H,8H2,1-3H3,(H,16,17). The summed E-state index contributed by atoms with van der Waals surface area (Å²) in [6.07, 6.45) is 1.60. The van der Waals surface area contributed by atoms with E-state index < -0.39 is 0 Å². The Morgan fingerprint density at radius 3 is 2.50 bits per heavy atom. The summed E-state index contributed by atoms with van der Waals surface area (Å²) < 4.78 is 0. The first kappa shape index (κ1) is 12.6. The topological polar surface area (TPSA) is 48.7 Å². The Morgan fingerprint density at radius 1 is 1.28 bits per heavy atom. The molecule has 0 bridgehead atoms. The molecule has 1 aromatic carbocycles. The molecule has 1 aromatic heterocycles. The number of anilines is 1. The van der Waals surface area contributed by atoms with Gasteiger partial charge in [-0.3, -0.25) is 0 Å². The van der Waals surface area contributed by atoms with Crippen molar-refractivity contribution in [3.8, 4) is 6.07 Å². The van der Waals surface area contributed by atoms with Gasteiger partial charge >= 0.3 is 0 Å². The molecular weight excluding hydrogens is 242 g/mol. The van der Waals surface area contributed by atoms with Gasteiger partial charge in [0.25, 0.3) is 0 Å². The molecule has 1 heterocycles. The zero-order chi connectivity index (χ0) is 13.1. The molecule has 3 nitrogen and oxygen atoms in total. The van der Waals surface area contributed by atoms with E-state index in [0.29, 0.717) is 4.88 Å². The molecular formula is C14H15N3S. The van der Waals surface area contributed by atoms with E-state index >= 15 is 0 Å². The summed E-state index contributed by atoms with van der Waals surface area (Å²) in [6.45, 7) is 7.10. The Kier molecular flexibility index (Phi) is 3.63. The Labute approximate surface area is 111 Å². The number of nitriles is 1. The van der Waals surface area contributed by atoms with Crippen molar-refractivity contribution in [2.24, 2.45) is 0 Å². The lowest BCUT2D eigenvalue weighted by Crippen LogP contribution is -2.03. The highest BCUT2D eigenvalue weighted by Crippen LogP contribution is 2.21. The van der Waals surface area contributed by atoms with Crippen molar-refractivity contribution in [2.45, 2.75) is 27.3 Å². The van der Waals surface area contributed by atoms with Gasteiger partial charge in [-0.1, -0.05) is 29.0 Å².